The first-order chi connectivity index (χ1) is 6.81. The summed E-state index contributed by atoms with van der Waals surface area (Å²) in [5.41, 5.74) is 0. The lowest BCUT2D eigenvalue weighted by molar-refractivity contribution is -0.174. The summed E-state index contributed by atoms with van der Waals surface area (Å²) < 4.78 is 35.5. The number of carbonyl (C=O) groups is 2. The van der Waals surface area contributed by atoms with E-state index >= 15 is 0 Å². The largest absolute Gasteiger partial charge is 0.471 e. The molecule has 0 aliphatic carbocycles. The Labute approximate surface area is 84.5 Å². The fourth-order valence-corrected chi connectivity index (χ4v) is 0.711. The number of carbonyl (C=O) groups excluding carboxylic acids is 2. The van der Waals surface area contributed by atoms with Crippen molar-refractivity contribution >= 4 is 11.8 Å². The molecule has 0 radical (unpaired) electrons. The molecule has 1 atom stereocenters. The smallest absolute Gasteiger partial charge is 0.332 e. The van der Waals surface area contributed by atoms with E-state index in [1.807, 2.05) is 0 Å². The zero-order valence-corrected chi connectivity index (χ0v) is 8.02. The van der Waals surface area contributed by atoms with Gasteiger partial charge in [0.05, 0.1) is 0 Å². The maximum atomic E-state index is 11.8. The topological polar surface area (TPSA) is 58.2 Å². The lowest BCUT2D eigenvalue weighted by Gasteiger charge is -2.18. The fraction of sp³-hybridized carbons (Fsp3) is 0.500. The normalized spacial score (nSPS) is 12.8. The highest BCUT2D eigenvalue weighted by atomic mass is 19.4. The lowest BCUT2D eigenvalue weighted by Crippen LogP contribution is -2.51. The molecule has 15 heavy (non-hydrogen) atoms. The molecule has 0 aliphatic heterocycles. The quantitative estimate of drug-likeness (QED) is 0.545. The van der Waals surface area contributed by atoms with Crippen molar-refractivity contribution in [2.24, 2.45) is 0 Å². The van der Waals surface area contributed by atoms with Crippen LogP contribution in [-0.2, 0) is 9.59 Å². The monoisotopic (exact) mass is 224 g/mol. The van der Waals surface area contributed by atoms with Crippen LogP contribution in [-0.4, -0.2) is 24.2 Å². The maximum absolute atomic E-state index is 11.8. The van der Waals surface area contributed by atoms with Gasteiger partial charge in [0.2, 0.25) is 5.91 Å². The Balaban J connectivity index is 4.28. The molecule has 0 rings (SSSR count). The van der Waals surface area contributed by atoms with Crippen LogP contribution in [0.25, 0.3) is 0 Å². The summed E-state index contributed by atoms with van der Waals surface area (Å²) in [5.74, 6) is -2.73. The van der Waals surface area contributed by atoms with E-state index in [4.69, 9.17) is 0 Å². The van der Waals surface area contributed by atoms with E-state index in [-0.39, 0.29) is 6.42 Å². The first kappa shape index (κ1) is 13.5. The van der Waals surface area contributed by atoms with Crippen molar-refractivity contribution < 1.29 is 22.8 Å². The maximum Gasteiger partial charge on any atom is 0.471 e. The molecule has 7 heteroatoms. The Morgan fingerprint density at radius 2 is 1.93 bits per heavy atom. The van der Waals surface area contributed by atoms with Gasteiger partial charge >= 0.3 is 12.1 Å². The van der Waals surface area contributed by atoms with E-state index < -0.39 is 24.2 Å². The van der Waals surface area contributed by atoms with Crippen molar-refractivity contribution in [3.05, 3.63) is 12.7 Å². The summed E-state index contributed by atoms with van der Waals surface area (Å²) in [6, 6.07) is 0. The van der Waals surface area contributed by atoms with Crippen molar-refractivity contribution in [1.82, 2.24) is 10.6 Å². The average Bonchev–Trinajstić information content (AvgIpc) is 2.14. The van der Waals surface area contributed by atoms with Gasteiger partial charge in [-0.25, -0.2) is 0 Å². The van der Waals surface area contributed by atoms with Gasteiger partial charge in [0.1, 0.15) is 6.17 Å². The van der Waals surface area contributed by atoms with E-state index in [1.54, 1.807) is 5.32 Å². The minimum Gasteiger partial charge on any atom is -0.332 e. The molecule has 0 aromatic heterocycles. The average molecular weight is 224 g/mol. The predicted molar refractivity (Wildman–Crippen MR) is 46.6 cm³/mol. The van der Waals surface area contributed by atoms with Crippen molar-refractivity contribution in [3.63, 3.8) is 0 Å². The van der Waals surface area contributed by atoms with Crippen molar-refractivity contribution in [1.29, 1.82) is 0 Å². The molecule has 86 valence electrons. The van der Waals surface area contributed by atoms with Crippen LogP contribution in [0.15, 0.2) is 12.7 Å². The van der Waals surface area contributed by atoms with Gasteiger partial charge in [-0.15, -0.1) is 0 Å². The van der Waals surface area contributed by atoms with Crippen LogP contribution < -0.4 is 10.6 Å². The molecule has 0 aliphatic rings. The van der Waals surface area contributed by atoms with Crippen LogP contribution in [0.2, 0.25) is 0 Å². The van der Waals surface area contributed by atoms with Gasteiger partial charge in [0, 0.05) is 0 Å². The number of amides is 2. The van der Waals surface area contributed by atoms with Gasteiger partial charge in [0.25, 0.3) is 0 Å². The second-order valence-electron chi connectivity index (χ2n) is 2.64. The Bertz CT molecular complexity index is 263. The van der Waals surface area contributed by atoms with Crippen LogP contribution >= 0.6 is 0 Å². The molecule has 0 saturated heterocycles. The number of alkyl halides is 3. The molecule has 2 amide bonds. The van der Waals surface area contributed by atoms with Gasteiger partial charge in [-0.05, 0) is 12.5 Å². The Hall–Kier alpha value is -1.53. The van der Waals surface area contributed by atoms with E-state index in [9.17, 15) is 22.8 Å². The molecule has 0 saturated carbocycles. The zero-order chi connectivity index (χ0) is 12.1. The molecule has 0 heterocycles. The van der Waals surface area contributed by atoms with Gasteiger partial charge in [-0.2, -0.15) is 13.2 Å². The number of halogens is 3. The predicted octanol–water partition coefficient (Wildman–Crippen LogP) is 0.703. The number of hydrogen-bond acceptors (Lipinski definition) is 2. The summed E-state index contributed by atoms with van der Waals surface area (Å²) in [6.45, 7) is 4.65. The Morgan fingerprint density at radius 1 is 1.40 bits per heavy atom. The molecule has 4 nitrogen and oxygen atoms in total. The summed E-state index contributed by atoms with van der Waals surface area (Å²) in [6.07, 6.45) is -4.96. The summed E-state index contributed by atoms with van der Waals surface area (Å²) in [7, 11) is 0. The van der Waals surface area contributed by atoms with Crippen LogP contribution in [0.1, 0.15) is 13.3 Å². The molecule has 2 N–H and O–H groups in total. The van der Waals surface area contributed by atoms with Crippen LogP contribution in [0.3, 0.4) is 0 Å². The summed E-state index contributed by atoms with van der Waals surface area (Å²) >= 11 is 0. The fourth-order valence-electron chi connectivity index (χ4n) is 0.711. The third kappa shape index (κ3) is 5.04. The molecule has 0 aromatic rings. The van der Waals surface area contributed by atoms with Gasteiger partial charge in [-0.1, -0.05) is 13.5 Å². The standard InChI is InChI=1S/C8H11F3N2O2/c1-3-5(12-6(14)4-2)13-7(15)8(9,10)11/h4-5H,2-3H2,1H3,(H,12,14)(H,13,15). The molecule has 0 fully saturated rings. The van der Waals surface area contributed by atoms with Crippen LogP contribution in [0.5, 0.6) is 0 Å². The van der Waals surface area contributed by atoms with E-state index in [0.29, 0.717) is 0 Å². The third-order valence-corrected chi connectivity index (χ3v) is 1.47. The summed E-state index contributed by atoms with van der Waals surface area (Å²) in [5, 5.41) is 3.76. The van der Waals surface area contributed by atoms with Gasteiger partial charge in [0.15, 0.2) is 0 Å². The van der Waals surface area contributed by atoms with E-state index in [1.165, 1.54) is 6.92 Å². The lowest BCUT2D eigenvalue weighted by atomic mass is 10.3. The minimum atomic E-state index is -4.95. The molecule has 1 unspecified atom stereocenters. The summed E-state index contributed by atoms with van der Waals surface area (Å²) in [4.78, 5) is 21.2. The molecule has 0 bridgehead atoms. The Morgan fingerprint density at radius 3 is 2.27 bits per heavy atom. The van der Waals surface area contributed by atoms with Gasteiger partial charge in [-0.3, -0.25) is 9.59 Å². The first-order valence-electron chi connectivity index (χ1n) is 4.11. The van der Waals surface area contributed by atoms with Gasteiger partial charge < -0.3 is 10.6 Å². The third-order valence-electron chi connectivity index (χ3n) is 1.47. The molecular formula is C8H11F3N2O2. The first-order valence-corrected chi connectivity index (χ1v) is 4.11. The molecular weight excluding hydrogens is 213 g/mol. The SMILES string of the molecule is C=CC(=O)NC(CC)NC(=O)C(F)(F)F. The molecule has 0 aromatic carbocycles. The second kappa shape index (κ2) is 5.38. The van der Waals surface area contributed by atoms with Crippen molar-refractivity contribution in [2.45, 2.75) is 25.7 Å². The molecule has 0 spiro atoms. The van der Waals surface area contributed by atoms with E-state index in [2.05, 4.69) is 11.9 Å². The number of rotatable bonds is 4. The van der Waals surface area contributed by atoms with Crippen LogP contribution in [0, 0.1) is 0 Å². The highest BCUT2D eigenvalue weighted by molar-refractivity contribution is 5.88. The Kier molecular flexibility index (Phi) is 4.83. The van der Waals surface area contributed by atoms with Crippen LogP contribution in [0.4, 0.5) is 13.2 Å². The van der Waals surface area contributed by atoms with E-state index in [0.717, 1.165) is 6.08 Å². The number of hydrogen-bond donors (Lipinski definition) is 2. The highest BCUT2D eigenvalue weighted by Crippen LogP contribution is 2.14. The number of nitrogens with one attached hydrogen (secondary N) is 2. The highest BCUT2D eigenvalue weighted by Gasteiger charge is 2.39. The van der Waals surface area contributed by atoms with Crippen molar-refractivity contribution in [2.75, 3.05) is 0 Å². The van der Waals surface area contributed by atoms with Crippen molar-refractivity contribution in [3.8, 4) is 0 Å². The second-order valence-corrected chi connectivity index (χ2v) is 2.64. The minimum absolute atomic E-state index is 0.140. The zero-order valence-electron chi connectivity index (χ0n) is 8.02.